The molecule has 1 fully saturated rings. The summed E-state index contributed by atoms with van der Waals surface area (Å²) in [6.07, 6.45) is 3.90. The summed E-state index contributed by atoms with van der Waals surface area (Å²) in [4.78, 5) is 0.0484. The summed E-state index contributed by atoms with van der Waals surface area (Å²) in [7, 11) is -3.66. The quantitative estimate of drug-likeness (QED) is 0.874. The summed E-state index contributed by atoms with van der Waals surface area (Å²) < 4.78 is 27.8. The van der Waals surface area contributed by atoms with E-state index in [-0.39, 0.29) is 22.5 Å². The monoisotopic (exact) mass is 350 g/mol. The lowest BCUT2D eigenvalue weighted by atomic mass is 9.88. The molecule has 0 heterocycles. The van der Waals surface area contributed by atoms with Gasteiger partial charge in [0, 0.05) is 17.6 Å². The first kappa shape index (κ1) is 17.0. The fourth-order valence-electron chi connectivity index (χ4n) is 2.76. The second-order valence-electron chi connectivity index (χ2n) is 5.67. The fraction of sp³-hybridized carbons (Fsp3) is 0.571. The Morgan fingerprint density at radius 1 is 1.29 bits per heavy atom. The Labute approximate surface area is 136 Å². The van der Waals surface area contributed by atoms with Crippen molar-refractivity contribution in [3.63, 3.8) is 0 Å². The molecule has 1 aliphatic rings. The number of nitrogens with two attached hydrogens (primary N) is 1. The van der Waals surface area contributed by atoms with Crippen LogP contribution in [0.25, 0.3) is 0 Å². The maximum absolute atomic E-state index is 12.5. The first-order valence-electron chi connectivity index (χ1n) is 7.04. The molecule has 1 aromatic rings. The topological polar surface area (TPSA) is 72.2 Å². The molecule has 2 atom stereocenters. The molecule has 0 aliphatic heterocycles. The fourth-order valence-corrected chi connectivity index (χ4v) is 4.92. The molecule has 2 rings (SSSR count). The minimum Gasteiger partial charge on any atom is -0.326 e. The highest BCUT2D eigenvalue weighted by Crippen LogP contribution is 2.30. The van der Waals surface area contributed by atoms with E-state index in [0.717, 1.165) is 25.7 Å². The van der Waals surface area contributed by atoms with Crippen LogP contribution in [0.3, 0.4) is 0 Å². The Morgan fingerprint density at radius 3 is 2.62 bits per heavy atom. The van der Waals surface area contributed by atoms with Crippen LogP contribution in [0.15, 0.2) is 17.0 Å². The zero-order valence-electron chi connectivity index (χ0n) is 11.9. The second kappa shape index (κ2) is 6.84. The lowest BCUT2D eigenvalue weighted by Crippen LogP contribution is -2.38. The molecule has 2 unspecified atom stereocenters. The summed E-state index contributed by atoms with van der Waals surface area (Å²) in [5.74, 6) is 0.534. The first-order chi connectivity index (χ1) is 9.83. The third kappa shape index (κ3) is 4.11. The molecule has 1 aliphatic carbocycles. The predicted octanol–water partition coefficient (Wildman–Crippen LogP) is 3.31. The largest absolute Gasteiger partial charge is 0.326 e. The van der Waals surface area contributed by atoms with Gasteiger partial charge >= 0.3 is 0 Å². The van der Waals surface area contributed by atoms with E-state index < -0.39 is 10.0 Å². The van der Waals surface area contributed by atoms with Crippen molar-refractivity contribution < 1.29 is 8.42 Å². The van der Waals surface area contributed by atoms with Gasteiger partial charge in [0.25, 0.3) is 0 Å². The lowest BCUT2D eigenvalue weighted by molar-refractivity contribution is 0.327. The summed E-state index contributed by atoms with van der Waals surface area (Å²) >= 11 is 12.0. The number of hydrogen-bond acceptors (Lipinski definition) is 3. The normalized spacial score (nSPS) is 23.2. The van der Waals surface area contributed by atoms with Crippen LogP contribution < -0.4 is 10.5 Å². The summed E-state index contributed by atoms with van der Waals surface area (Å²) in [5.41, 5.74) is 6.14. The first-order valence-corrected chi connectivity index (χ1v) is 9.27. The highest BCUT2D eigenvalue weighted by atomic mass is 35.5. The third-order valence-corrected chi connectivity index (χ3v) is 6.21. The van der Waals surface area contributed by atoms with Crippen molar-refractivity contribution >= 4 is 33.2 Å². The van der Waals surface area contributed by atoms with Crippen molar-refractivity contribution in [1.29, 1.82) is 0 Å². The maximum atomic E-state index is 12.5. The van der Waals surface area contributed by atoms with E-state index in [9.17, 15) is 8.42 Å². The maximum Gasteiger partial charge on any atom is 0.242 e. The van der Waals surface area contributed by atoms with Crippen molar-refractivity contribution in [2.45, 2.75) is 50.1 Å². The Hall–Kier alpha value is -0.330. The Bertz CT molecular complexity index is 620. The van der Waals surface area contributed by atoms with Crippen molar-refractivity contribution in [3.05, 3.63) is 27.7 Å². The Balaban J connectivity index is 2.27. The van der Waals surface area contributed by atoms with Gasteiger partial charge in [0.1, 0.15) is 4.90 Å². The van der Waals surface area contributed by atoms with Crippen LogP contribution in [0.1, 0.15) is 38.2 Å². The van der Waals surface area contributed by atoms with Crippen LogP contribution >= 0.6 is 23.2 Å². The molecule has 0 aromatic heterocycles. The third-order valence-electron chi connectivity index (χ3n) is 3.87. The van der Waals surface area contributed by atoms with Gasteiger partial charge in [-0.15, -0.1) is 0 Å². The number of rotatable bonds is 4. The Morgan fingerprint density at radius 2 is 2.00 bits per heavy atom. The van der Waals surface area contributed by atoms with Gasteiger partial charge in [-0.25, -0.2) is 13.1 Å². The van der Waals surface area contributed by atoms with Gasteiger partial charge in [0.05, 0.1) is 5.02 Å². The van der Waals surface area contributed by atoms with Crippen LogP contribution in [0.5, 0.6) is 0 Å². The second-order valence-corrected chi connectivity index (χ2v) is 8.16. The summed E-state index contributed by atoms with van der Waals surface area (Å²) in [5, 5.41) is 0.501. The van der Waals surface area contributed by atoms with Gasteiger partial charge in [-0.05, 0) is 36.5 Å². The van der Waals surface area contributed by atoms with Crippen LogP contribution in [0.2, 0.25) is 10.0 Å². The van der Waals surface area contributed by atoms with Crippen molar-refractivity contribution in [2.75, 3.05) is 0 Å². The lowest BCUT2D eigenvalue weighted by Gasteiger charge is -2.27. The van der Waals surface area contributed by atoms with Crippen molar-refractivity contribution in [3.8, 4) is 0 Å². The van der Waals surface area contributed by atoms with Crippen LogP contribution in [0, 0.1) is 5.92 Å². The molecule has 4 nitrogen and oxygen atoms in total. The van der Waals surface area contributed by atoms with E-state index in [1.165, 1.54) is 12.1 Å². The van der Waals surface area contributed by atoms with Crippen molar-refractivity contribution in [2.24, 2.45) is 11.7 Å². The van der Waals surface area contributed by atoms with E-state index >= 15 is 0 Å². The highest BCUT2D eigenvalue weighted by Gasteiger charge is 2.26. The van der Waals surface area contributed by atoms with Gasteiger partial charge in [-0.3, -0.25) is 0 Å². The average Bonchev–Trinajstić information content (AvgIpc) is 2.37. The smallest absolute Gasteiger partial charge is 0.242 e. The number of benzene rings is 1. The zero-order chi connectivity index (χ0) is 15.6. The summed E-state index contributed by atoms with van der Waals surface area (Å²) in [6.45, 7) is 2.31. The molecular weight excluding hydrogens is 331 g/mol. The predicted molar refractivity (Wildman–Crippen MR) is 86.1 cm³/mol. The molecule has 0 radical (unpaired) electrons. The van der Waals surface area contributed by atoms with E-state index in [4.69, 9.17) is 28.9 Å². The van der Waals surface area contributed by atoms with E-state index in [0.29, 0.717) is 16.5 Å². The number of sulfonamides is 1. The van der Waals surface area contributed by atoms with Gasteiger partial charge in [-0.2, -0.15) is 0 Å². The van der Waals surface area contributed by atoms with Gasteiger partial charge < -0.3 is 5.73 Å². The summed E-state index contributed by atoms with van der Waals surface area (Å²) in [6, 6.07) is 2.86. The molecule has 7 heteroatoms. The van der Waals surface area contributed by atoms with Crippen LogP contribution in [-0.2, 0) is 16.6 Å². The average molecular weight is 351 g/mol. The van der Waals surface area contributed by atoms with Crippen LogP contribution in [0.4, 0.5) is 0 Å². The molecule has 0 amide bonds. The minimum absolute atomic E-state index is 0.0354. The molecule has 118 valence electrons. The number of hydrogen-bond donors (Lipinski definition) is 2. The van der Waals surface area contributed by atoms with E-state index in [1.54, 1.807) is 0 Å². The van der Waals surface area contributed by atoms with E-state index in [1.807, 2.05) is 0 Å². The zero-order valence-corrected chi connectivity index (χ0v) is 14.2. The van der Waals surface area contributed by atoms with Gasteiger partial charge in [-0.1, -0.05) is 43.0 Å². The number of halogens is 2. The van der Waals surface area contributed by atoms with E-state index in [2.05, 4.69) is 11.6 Å². The van der Waals surface area contributed by atoms with Gasteiger partial charge in [0.15, 0.2) is 0 Å². The van der Waals surface area contributed by atoms with Gasteiger partial charge in [0.2, 0.25) is 10.0 Å². The minimum atomic E-state index is -3.66. The molecule has 1 saturated carbocycles. The van der Waals surface area contributed by atoms with Crippen molar-refractivity contribution in [1.82, 2.24) is 4.72 Å². The van der Waals surface area contributed by atoms with Crippen LogP contribution in [-0.4, -0.2) is 14.5 Å². The molecule has 0 spiro atoms. The molecule has 21 heavy (non-hydrogen) atoms. The molecule has 0 bridgehead atoms. The molecule has 0 saturated heterocycles. The Kier molecular flexibility index (Phi) is 5.54. The number of nitrogens with one attached hydrogen (secondary N) is 1. The highest BCUT2D eigenvalue weighted by molar-refractivity contribution is 7.89. The molecular formula is C14H20Cl2N2O2S. The molecule has 3 N–H and O–H groups in total. The molecule has 1 aromatic carbocycles. The SMILES string of the molecule is CC1CCCC(NS(=O)(=O)c2cc(CN)c(Cl)cc2Cl)C1. The standard InChI is InChI=1S/C14H20Cl2N2O2S/c1-9-3-2-4-11(5-9)18-21(19,20)14-6-10(8-17)12(15)7-13(14)16/h6-7,9,11,18H,2-5,8,17H2,1H3.